The monoisotopic (exact) mass is 425 g/mol. The van der Waals surface area contributed by atoms with Crippen molar-refractivity contribution >= 4 is 0 Å². The second kappa shape index (κ2) is 8.66. The van der Waals surface area contributed by atoms with Crippen molar-refractivity contribution < 1.29 is 9.47 Å². The fraction of sp³-hybridized carbons (Fsp3) is 0.0800. The lowest BCUT2D eigenvalue weighted by atomic mass is 10.1. The Morgan fingerprint density at radius 1 is 0.906 bits per heavy atom. The van der Waals surface area contributed by atoms with Gasteiger partial charge < -0.3 is 14.5 Å². The first-order valence-electron chi connectivity index (χ1n) is 9.79. The molecular formula is C25H19N3O4. The molecule has 4 rings (SSSR count). The SMILES string of the molecule is COc1cc(C#N)c(Oc2ccccc2C)cc1-n1c(=O)cc(-c2ccccc2)[nH]c1=O. The average molecular weight is 425 g/mol. The van der Waals surface area contributed by atoms with E-state index in [1.165, 1.54) is 25.3 Å². The summed E-state index contributed by atoms with van der Waals surface area (Å²) in [7, 11) is 1.40. The van der Waals surface area contributed by atoms with Crippen LogP contribution in [-0.2, 0) is 0 Å². The summed E-state index contributed by atoms with van der Waals surface area (Å²) in [6.07, 6.45) is 0. The number of methoxy groups -OCH3 is 1. The van der Waals surface area contributed by atoms with Gasteiger partial charge in [0.05, 0.1) is 24.1 Å². The van der Waals surface area contributed by atoms with Gasteiger partial charge in [-0.2, -0.15) is 5.26 Å². The van der Waals surface area contributed by atoms with Crippen LogP contribution in [0.2, 0.25) is 0 Å². The smallest absolute Gasteiger partial charge is 0.333 e. The lowest BCUT2D eigenvalue weighted by Crippen LogP contribution is -2.33. The Labute approximate surface area is 183 Å². The molecule has 0 fully saturated rings. The summed E-state index contributed by atoms with van der Waals surface area (Å²) in [6, 6.07) is 22.7. The molecule has 158 valence electrons. The van der Waals surface area contributed by atoms with E-state index in [1.54, 1.807) is 18.2 Å². The standard InChI is InChI=1S/C25H19N3O4/c1-16-8-6-7-11-21(16)32-22-14-20(23(31-2)12-18(22)15-26)28-24(29)13-19(27-25(28)30)17-9-4-3-5-10-17/h3-14H,1-2H3,(H,27,30). The van der Waals surface area contributed by atoms with Crippen molar-refractivity contribution in [1.29, 1.82) is 5.26 Å². The van der Waals surface area contributed by atoms with Crippen molar-refractivity contribution in [2.24, 2.45) is 0 Å². The molecule has 0 atom stereocenters. The number of benzene rings is 3. The molecule has 0 bridgehead atoms. The van der Waals surface area contributed by atoms with Crippen LogP contribution < -0.4 is 20.7 Å². The molecule has 1 heterocycles. The molecule has 32 heavy (non-hydrogen) atoms. The van der Waals surface area contributed by atoms with E-state index in [0.29, 0.717) is 17.0 Å². The fourth-order valence-electron chi connectivity index (χ4n) is 3.35. The van der Waals surface area contributed by atoms with Crippen molar-refractivity contribution in [3.8, 4) is 40.3 Å². The van der Waals surface area contributed by atoms with Gasteiger partial charge in [0.25, 0.3) is 5.56 Å². The number of rotatable bonds is 5. The average Bonchev–Trinajstić information content (AvgIpc) is 2.81. The maximum atomic E-state index is 13.0. The first-order valence-corrected chi connectivity index (χ1v) is 9.79. The van der Waals surface area contributed by atoms with Crippen LogP contribution in [0.4, 0.5) is 0 Å². The number of aryl methyl sites for hydroxylation is 1. The van der Waals surface area contributed by atoms with Gasteiger partial charge in [-0.15, -0.1) is 0 Å². The Hall–Kier alpha value is -4.57. The van der Waals surface area contributed by atoms with Crippen molar-refractivity contribution in [3.05, 3.63) is 105 Å². The zero-order valence-corrected chi connectivity index (χ0v) is 17.5. The van der Waals surface area contributed by atoms with E-state index in [-0.39, 0.29) is 22.7 Å². The topological polar surface area (TPSA) is 97.1 Å². The molecular weight excluding hydrogens is 406 g/mol. The Kier molecular flexibility index (Phi) is 5.60. The van der Waals surface area contributed by atoms with Crippen molar-refractivity contribution in [3.63, 3.8) is 0 Å². The summed E-state index contributed by atoms with van der Waals surface area (Å²) in [5.41, 5.74) is 1.18. The molecule has 3 aromatic carbocycles. The Morgan fingerprint density at radius 2 is 1.62 bits per heavy atom. The molecule has 0 saturated heterocycles. The Bertz CT molecular complexity index is 1420. The van der Waals surface area contributed by atoms with Crippen molar-refractivity contribution in [2.75, 3.05) is 7.11 Å². The molecule has 0 aliphatic rings. The molecule has 1 N–H and O–H groups in total. The summed E-state index contributed by atoms with van der Waals surface area (Å²) in [5, 5.41) is 9.60. The van der Waals surface area contributed by atoms with E-state index in [0.717, 1.165) is 10.1 Å². The lowest BCUT2D eigenvalue weighted by Gasteiger charge is -2.15. The zero-order valence-electron chi connectivity index (χ0n) is 17.5. The van der Waals surface area contributed by atoms with E-state index >= 15 is 0 Å². The zero-order chi connectivity index (χ0) is 22.7. The normalized spacial score (nSPS) is 10.4. The molecule has 0 spiro atoms. The van der Waals surface area contributed by atoms with Crippen LogP contribution in [0.1, 0.15) is 11.1 Å². The molecule has 0 aliphatic heterocycles. The van der Waals surface area contributed by atoms with E-state index in [1.807, 2.05) is 43.3 Å². The first kappa shape index (κ1) is 20.7. The van der Waals surface area contributed by atoms with Crippen LogP contribution >= 0.6 is 0 Å². The third-order valence-electron chi connectivity index (χ3n) is 4.97. The molecule has 0 amide bonds. The summed E-state index contributed by atoms with van der Waals surface area (Å²) < 4.78 is 12.3. The maximum Gasteiger partial charge on any atom is 0.333 e. The van der Waals surface area contributed by atoms with Gasteiger partial charge in [-0.3, -0.25) is 4.79 Å². The highest BCUT2D eigenvalue weighted by Gasteiger charge is 2.18. The van der Waals surface area contributed by atoms with E-state index < -0.39 is 11.2 Å². The van der Waals surface area contributed by atoms with Crippen LogP contribution in [-0.4, -0.2) is 16.7 Å². The van der Waals surface area contributed by atoms with Crippen molar-refractivity contribution in [1.82, 2.24) is 9.55 Å². The predicted octanol–water partition coefficient (Wildman–Crippen LogP) is 4.17. The number of nitrogens with one attached hydrogen (secondary N) is 1. The molecule has 0 unspecified atom stereocenters. The Balaban J connectivity index is 1.88. The van der Waals surface area contributed by atoms with Crippen LogP contribution in [0.3, 0.4) is 0 Å². The Morgan fingerprint density at radius 3 is 2.28 bits per heavy atom. The number of aromatic amines is 1. The summed E-state index contributed by atoms with van der Waals surface area (Å²) in [4.78, 5) is 28.6. The summed E-state index contributed by atoms with van der Waals surface area (Å²) in [5.74, 6) is 0.954. The minimum atomic E-state index is -0.638. The molecule has 4 aromatic rings. The minimum Gasteiger partial charge on any atom is -0.495 e. The number of aromatic nitrogens is 2. The number of hydrogen-bond acceptors (Lipinski definition) is 5. The second-order valence-corrected chi connectivity index (χ2v) is 7.03. The fourth-order valence-corrected chi connectivity index (χ4v) is 3.35. The predicted molar refractivity (Wildman–Crippen MR) is 121 cm³/mol. The molecule has 1 aromatic heterocycles. The van der Waals surface area contributed by atoms with Gasteiger partial charge in [-0.1, -0.05) is 48.5 Å². The molecule has 0 aliphatic carbocycles. The largest absolute Gasteiger partial charge is 0.495 e. The number of H-pyrrole nitrogens is 1. The van der Waals surface area contributed by atoms with Gasteiger partial charge >= 0.3 is 5.69 Å². The van der Waals surface area contributed by atoms with Crippen LogP contribution in [0.5, 0.6) is 17.2 Å². The summed E-state index contributed by atoms with van der Waals surface area (Å²) in [6.45, 7) is 1.88. The molecule has 0 radical (unpaired) electrons. The van der Waals surface area contributed by atoms with Gasteiger partial charge in [0.15, 0.2) is 0 Å². The third-order valence-corrected chi connectivity index (χ3v) is 4.97. The van der Waals surface area contributed by atoms with Gasteiger partial charge in [0.2, 0.25) is 0 Å². The highest BCUT2D eigenvalue weighted by molar-refractivity contribution is 5.61. The summed E-state index contributed by atoms with van der Waals surface area (Å²) >= 11 is 0. The molecule has 7 heteroatoms. The van der Waals surface area contributed by atoms with E-state index in [9.17, 15) is 14.9 Å². The number of para-hydroxylation sites is 1. The molecule has 7 nitrogen and oxygen atoms in total. The number of hydrogen-bond donors (Lipinski definition) is 1. The first-order chi connectivity index (χ1) is 15.5. The lowest BCUT2D eigenvalue weighted by molar-refractivity contribution is 0.409. The van der Waals surface area contributed by atoms with Gasteiger partial charge in [-0.05, 0) is 24.1 Å². The van der Waals surface area contributed by atoms with Gasteiger partial charge in [0, 0.05) is 18.2 Å². The quantitative estimate of drug-likeness (QED) is 0.518. The van der Waals surface area contributed by atoms with Crippen LogP contribution in [0.25, 0.3) is 16.9 Å². The van der Waals surface area contributed by atoms with Gasteiger partial charge in [0.1, 0.15) is 23.3 Å². The number of ether oxygens (including phenoxy) is 2. The highest BCUT2D eigenvalue weighted by atomic mass is 16.5. The minimum absolute atomic E-state index is 0.168. The van der Waals surface area contributed by atoms with Crippen molar-refractivity contribution in [2.45, 2.75) is 6.92 Å². The van der Waals surface area contributed by atoms with Gasteiger partial charge in [-0.25, -0.2) is 9.36 Å². The maximum absolute atomic E-state index is 13.0. The van der Waals surface area contributed by atoms with E-state index in [2.05, 4.69) is 11.1 Å². The third kappa shape index (κ3) is 3.89. The highest BCUT2D eigenvalue weighted by Crippen LogP contribution is 2.34. The molecule has 0 saturated carbocycles. The van der Waals surface area contributed by atoms with Crippen LogP contribution in [0, 0.1) is 18.3 Å². The van der Waals surface area contributed by atoms with Crippen LogP contribution in [0.15, 0.2) is 82.4 Å². The number of nitrogens with zero attached hydrogens (tertiary/aromatic N) is 2. The van der Waals surface area contributed by atoms with E-state index in [4.69, 9.17) is 9.47 Å². The number of nitriles is 1. The second-order valence-electron chi connectivity index (χ2n) is 7.03.